The maximum absolute atomic E-state index is 5.93. The summed E-state index contributed by atoms with van der Waals surface area (Å²) in [5, 5.41) is 0. The average Bonchev–Trinajstić information content (AvgIpc) is 2.28. The fourth-order valence-electron chi connectivity index (χ4n) is 2.35. The normalized spacial score (nSPS) is 12.9. The Bertz CT molecular complexity index is 404. The molecule has 1 aromatic carbocycles. The third-order valence-corrected chi connectivity index (χ3v) is 3.01. The van der Waals surface area contributed by atoms with Crippen LogP contribution in [0.4, 0.5) is 0 Å². The van der Waals surface area contributed by atoms with Crippen LogP contribution >= 0.6 is 0 Å². The molecule has 0 saturated carbocycles. The molecule has 0 aromatic heterocycles. The second kappa shape index (κ2) is 7.25. The number of benzene rings is 1. The predicted molar refractivity (Wildman–Crippen MR) is 79.4 cm³/mol. The summed E-state index contributed by atoms with van der Waals surface area (Å²) in [6.07, 6.45) is 6.48. The Morgan fingerprint density at radius 1 is 1.28 bits per heavy atom. The van der Waals surface area contributed by atoms with E-state index in [1.54, 1.807) is 0 Å². The van der Waals surface area contributed by atoms with E-state index in [0.29, 0.717) is 5.92 Å². The highest BCUT2D eigenvalue weighted by atomic mass is 16.5. The first-order valence-electron chi connectivity index (χ1n) is 6.94. The van der Waals surface area contributed by atoms with Crippen molar-refractivity contribution in [2.24, 2.45) is 5.92 Å². The molecule has 0 spiro atoms. The van der Waals surface area contributed by atoms with Crippen molar-refractivity contribution in [3.05, 3.63) is 41.0 Å². The number of allylic oxidation sites excluding steroid dienone is 2. The fourth-order valence-corrected chi connectivity index (χ4v) is 2.35. The van der Waals surface area contributed by atoms with Crippen LogP contribution in [0.2, 0.25) is 0 Å². The Kier molecular flexibility index (Phi) is 5.97. The standard InChI is InChI=1S/C17H26O/c1-6-8-13(3)11-16-12-14(4)10-15(5)17(16)18-9-7-2/h6,8,10,12-13H,7,9,11H2,1-5H3/b8-6-. The van der Waals surface area contributed by atoms with Crippen molar-refractivity contribution in [2.75, 3.05) is 6.61 Å². The molecule has 1 atom stereocenters. The number of hydrogen-bond donors (Lipinski definition) is 0. The molecule has 18 heavy (non-hydrogen) atoms. The highest BCUT2D eigenvalue weighted by Gasteiger charge is 2.10. The van der Waals surface area contributed by atoms with E-state index in [1.165, 1.54) is 16.7 Å². The lowest BCUT2D eigenvalue weighted by molar-refractivity contribution is 0.311. The van der Waals surface area contributed by atoms with Gasteiger partial charge in [0.2, 0.25) is 0 Å². The van der Waals surface area contributed by atoms with Gasteiger partial charge in [-0.05, 0) is 50.7 Å². The van der Waals surface area contributed by atoms with Gasteiger partial charge in [-0.3, -0.25) is 0 Å². The van der Waals surface area contributed by atoms with E-state index in [0.717, 1.165) is 25.2 Å². The van der Waals surface area contributed by atoms with Crippen LogP contribution in [0.1, 0.15) is 43.9 Å². The highest BCUT2D eigenvalue weighted by Crippen LogP contribution is 2.28. The SMILES string of the molecule is C/C=C\C(C)Cc1cc(C)cc(C)c1OCCC. The molecule has 1 nitrogen and oxygen atoms in total. The van der Waals surface area contributed by atoms with Crippen LogP contribution in [-0.2, 0) is 6.42 Å². The Hall–Kier alpha value is -1.24. The van der Waals surface area contributed by atoms with Crippen LogP contribution in [0, 0.1) is 19.8 Å². The molecule has 0 aliphatic heterocycles. The molecule has 0 aliphatic carbocycles. The summed E-state index contributed by atoms with van der Waals surface area (Å²) in [6.45, 7) is 11.6. The Balaban J connectivity index is 2.98. The summed E-state index contributed by atoms with van der Waals surface area (Å²) in [5.41, 5.74) is 3.91. The van der Waals surface area contributed by atoms with E-state index in [-0.39, 0.29) is 0 Å². The van der Waals surface area contributed by atoms with E-state index in [2.05, 4.69) is 58.9 Å². The molecule has 1 unspecified atom stereocenters. The van der Waals surface area contributed by atoms with Gasteiger partial charge < -0.3 is 4.74 Å². The van der Waals surface area contributed by atoms with Gasteiger partial charge >= 0.3 is 0 Å². The number of aryl methyl sites for hydroxylation is 2. The summed E-state index contributed by atoms with van der Waals surface area (Å²) in [5.74, 6) is 1.65. The van der Waals surface area contributed by atoms with Crippen molar-refractivity contribution >= 4 is 0 Å². The largest absolute Gasteiger partial charge is 0.493 e. The Morgan fingerprint density at radius 2 is 2.00 bits per heavy atom. The first-order valence-corrected chi connectivity index (χ1v) is 6.94. The van der Waals surface area contributed by atoms with Crippen molar-refractivity contribution in [1.29, 1.82) is 0 Å². The van der Waals surface area contributed by atoms with Crippen LogP contribution in [0.5, 0.6) is 5.75 Å². The predicted octanol–water partition coefficient (Wildman–Crippen LogP) is 4.85. The molecule has 0 radical (unpaired) electrons. The molecular weight excluding hydrogens is 220 g/mol. The Labute approximate surface area is 112 Å². The number of ether oxygens (including phenoxy) is 1. The van der Waals surface area contributed by atoms with Gasteiger partial charge in [0.15, 0.2) is 0 Å². The fraction of sp³-hybridized carbons (Fsp3) is 0.529. The first kappa shape index (κ1) is 14.8. The molecule has 0 N–H and O–H groups in total. The minimum absolute atomic E-state index is 0.556. The maximum Gasteiger partial charge on any atom is 0.125 e. The van der Waals surface area contributed by atoms with Crippen molar-refractivity contribution in [3.63, 3.8) is 0 Å². The van der Waals surface area contributed by atoms with Gasteiger partial charge in [-0.25, -0.2) is 0 Å². The highest BCUT2D eigenvalue weighted by molar-refractivity contribution is 5.44. The minimum Gasteiger partial charge on any atom is -0.493 e. The van der Waals surface area contributed by atoms with Gasteiger partial charge in [-0.15, -0.1) is 0 Å². The topological polar surface area (TPSA) is 9.23 Å². The van der Waals surface area contributed by atoms with Crippen LogP contribution in [0.3, 0.4) is 0 Å². The lowest BCUT2D eigenvalue weighted by Crippen LogP contribution is -2.04. The molecule has 1 aromatic rings. The minimum atomic E-state index is 0.556. The molecule has 0 bridgehead atoms. The van der Waals surface area contributed by atoms with Crippen LogP contribution < -0.4 is 4.74 Å². The second-order valence-corrected chi connectivity index (χ2v) is 5.13. The van der Waals surface area contributed by atoms with Gasteiger partial charge in [0, 0.05) is 0 Å². The molecule has 0 amide bonds. The lowest BCUT2D eigenvalue weighted by atomic mass is 9.96. The molecule has 0 saturated heterocycles. The third-order valence-electron chi connectivity index (χ3n) is 3.01. The van der Waals surface area contributed by atoms with Crippen molar-refractivity contribution in [2.45, 2.75) is 47.5 Å². The molecule has 100 valence electrons. The summed E-state index contributed by atoms with van der Waals surface area (Å²) in [4.78, 5) is 0. The molecule has 0 heterocycles. The van der Waals surface area contributed by atoms with E-state index in [9.17, 15) is 0 Å². The van der Waals surface area contributed by atoms with Gasteiger partial charge in [0.05, 0.1) is 6.61 Å². The maximum atomic E-state index is 5.93. The number of hydrogen-bond acceptors (Lipinski definition) is 1. The smallest absolute Gasteiger partial charge is 0.125 e. The third kappa shape index (κ3) is 4.21. The average molecular weight is 246 g/mol. The van der Waals surface area contributed by atoms with Crippen molar-refractivity contribution < 1.29 is 4.74 Å². The Morgan fingerprint density at radius 3 is 2.61 bits per heavy atom. The van der Waals surface area contributed by atoms with Crippen molar-refractivity contribution in [1.82, 2.24) is 0 Å². The van der Waals surface area contributed by atoms with Crippen LogP contribution in [0.25, 0.3) is 0 Å². The van der Waals surface area contributed by atoms with Gasteiger partial charge in [-0.2, -0.15) is 0 Å². The van der Waals surface area contributed by atoms with Gasteiger partial charge in [0.25, 0.3) is 0 Å². The van der Waals surface area contributed by atoms with Crippen molar-refractivity contribution in [3.8, 4) is 5.75 Å². The molecule has 1 heteroatoms. The molecule has 1 rings (SSSR count). The zero-order valence-electron chi connectivity index (χ0n) is 12.4. The van der Waals surface area contributed by atoms with E-state index in [4.69, 9.17) is 4.74 Å². The van der Waals surface area contributed by atoms with E-state index in [1.807, 2.05) is 0 Å². The zero-order valence-corrected chi connectivity index (χ0v) is 12.4. The summed E-state index contributed by atoms with van der Waals surface area (Å²) < 4.78 is 5.93. The summed E-state index contributed by atoms with van der Waals surface area (Å²) in [7, 11) is 0. The van der Waals surface area contributed by atoms with E-state index < -0.39 is 0 Å². The lowest BCUT2D eigenvalue weighted by Gasteiger charge is -2.16. The van der Waals surface area contributed by atoms with E-state index >= 15 is 0 Å². The zero-order chi connectivity index (χ0) is 13.5. The van der Waals surface area contributed by atoms with Gasteiger partial charge in [0.1, 0.15) is 5.75 Å². The summed E-state index contributed by atoms with van der Waals surface area (Å²) in [6, 6.07) is 4.47. The first-order chi connectivity index (χ1) is 8.58. The monoisotopic (exact) mass is 246 g/mol. The molecule has 0 fully saturated rings. The molecule has 0 aliphatic rings. The second-order valence-electron chi connectivity index (χ2n) is 5.13. The van der Waals surface area contributed by atoms with Gasteiger partial charge in [-0.1, -0.05) is 43.7 Å². The quantitative estimate of drug-likeness (QED) is 0.652. The summed E-state index contributed by atoms with van der Waals surface area (Å²) >= 11 is 0. The molecular formula is C17H26O. The van der Waals surface area contributed by atoms with Crippen LogP contribution in [0.15, 0.2) is 24.3 Å². The van der Waals surface area contributed by atoms with Crippen LogP contribution in [-0.4, -0.2) is 6.61 Å². The number of rotatable bonds is 6.